The number of nitrogens with zero attached hydrogens (tertiary/aromatic N) is 5. The van der Waals surface area contributed by atoms with Gasteiger partial charge in [-0.05, 0) is 57.5 Å². The molecular weight excluding hydrogens is 520 g/mol. The number of nitrogens with one attached hydrogen (secondary N) is 2. The number of fused-ring (bicyclic) bond motifs is 1. The third-order valence-corrected chi connectivity index (χ3v) is 8.21. The zero-order valence-electron chi connectivity index (χ0n) is 23.4. The van der Waals surface area contributed by atoms with Gasteiger partial charge in [0.05, 0.1) is 25.5 Å². The lowest BCUT2D eigenvalue weighted by Gasteiger charge is -2.36. The van der Waals surface area contributed by atoms with Crippen molar-refractivity contribution in [2.24, 2.45) is 0 Å². The quantitative estimate of drug-likeness (QED) is 0.490. The summed E-state index contributed by atoms with van der Waals surface area (Å²) < 4.78 is 35.7. The Morgan fingerprint density at radius 1 is 1.15 bits per heavy atom. The topological polar surface area (TPSA) is 106 Å². The fourth-order valence-corrected chi connectivity index (χ4v) is 5.99. The second-order valence-corrected chi connectivity index (χ2v) is 11.2. The molecule has 0 radical (unpaired) electrons. The minimum atomic E-state index is -3.35. The maximum atomic E-state index is 15.0. The molecule has 1 saturated carbocycles. The van der Waals surface area contributed by atoms with Crippen molar-refractivity contribution >= 4 is 29.0 Å². The summed E-state index contributed by atoms with van der Waals surface area (Å²) in [5, 5.41) is 16.7. The van der Waals surface area contributed by atoms with E-state index in [1.807, 2.05) is 7.05 Å². The molecule has 1 saturated heterocycles. The van der Waals surface area contributed by atoms with Crippen molar-refractivity contribution in [3.8, 4) is 5.75 Å². The van der Waals surface area contributed by atoms with Crippen molar-refractivity contribution in [3.63, 3.8) is 0 Å². The van der Waals surface area contributed by atoms with E-state index in [-0.39, 0.29) is 23.9 Å². The fourth-order valence-electron chi connectivity index (χ4n) is 5.99. The molecule has 218 valence electrons. The Morgan fingerprint density at radius 2 is 1.93 bits per heavy atom. The molecule has 3 aliphatic rings. The molecular formula is C28H39F2N7O3. The molecule has 40 heavy (non-hydrogen) atoms. The third kappa shape index (κ3) is 5.92. The number of anilines is 4. The zero-order valence-corrected chi connectivity index (χ0v) is 23.4. The molecule has 2 fully saturated rings. The maximum absolute atomic E-state index is 15.0. The Labute approximate surface area is 233 Å². The monoisotopic (exact) mass is 559 g/mol. The van der Waals surface area contributed by atoms with Crippen molar-refractivity contribution in [1.82, 2.24) is 20.2 Å². The number of aliphatic hydroxyl groups is 1. The van der Waals surface area contributed by atoms with Gasteiger partial charge in [-0.25, -0.2) is 4.98 Å². The van der Waals surface area contributed by atoms with E-state index in [2.05, 4.69) is 25.5 Å². The number of likely N-dealkylation sites (N-methyl/N-ethyl adjacent to an activating group) is 1. The van der Waals surface area contributed by atoms with Gasteiger partial charge in [-0.3, -0.25) is 4.79 Å². The van der Waals surface area contributed by atoms with E-state index in [1.165, 1.54) is 20.4 Å². The van der Waals surface area contributed by atoms with Crippen molar-refractivity contribution in [2.75, 3.05) is 56.0 Å². The van der Waals surface area contributed by atoms with Crippen LogP contribution < -0.4 is 25.2 Å². The van der Waals surface area contributed by atoms with Crippen LogP contribution in [0.5, 0.6) is 5.75 Å². The Kier molecular flexibility index (Phi) is 8.27. The van der Waals surface area contributed by atoms with Crippen LogP contribution in [-0.4, -0.2) is 91.0 Å². The number of hydrogen-bond acceptors (Lipinski definition) is 9. The molecule has 1 amide bonds. The highest BCUT2D eigenvalue weighted by Crippen LogP contribution is 2.41. The first-order chi connectivity index (χ1) is 19.2. The van der Waals surface area contributed by atoms with Gasteiger partial charge in [-0.15, -0.1) is 0 Å². The van der Waals surface area contributed by atoms with Crippen molar-refractivity contribution in [1.29, 1.82) is 0 Å². The molecule has 2 aliphatic heterocycles. The van der Waals surface area contributed by atoms with Crippen LogP contribution in [0.1, 0.15) is 55.3 Å². The van der Waals surface area contributed by atoms with E-state index in [0.717, 1.165) is 62.9 Å². The number of carbonyl (C=O) groups excluding carboxylic acids is 1. The van der Waals surface area contributed by atoms with Gasteiger partial charge >= 0.3 is 5.92 Å². The predicted molar refractivity (Wildman–Crippen MR) is 150 cm³/mol. The summed E-state index contributed by atoms with van der Waals surface area (Å²) in [6.07, 6.45) is 6.04. The van der Waals surface area contributed by atoms with Crippen LogP contribution in [0.15, 0.2) is 24.4 Å². The molecule has 1 aliphatic carbocycles. The van der Waals surface area contributed by atoms with E-state index in [4.69, 9.17) is 4.74 Å². The molecule has 2 atom stereocenters. The summed E-state index contributed by atoms with van der Waals surface area (Å²) >= 11 is 0. The predicted octanol–water partition coefficient (Wildman–Crippen LogP) is 3.60. The Bertz CT molecular complexity index is 1210. The number of methoxy groups -OCH3 is 1. The third-order valence-electron chi connectivity index (χ3n) is 8.21. The summed E-state index contributed by atoms with van der Waals surface area (Å²) in [5.74, 6) is -2.54. The summed E-state index contributed by atoms with van der Waals surface area (Å²) in [6.45, 7) is 1.22. The fraction of sp³-hybridized carbons (Fsp3) is 0.607. The first-order valence-corrected chi connectivity index (χ1v) is 14.0. The average molecular weight is 560 g/mol. The highest BCUT2D eigenvalue weighted by molar-refractivity contribution is 5.95. The molecule has 1 aromatic carbocycles. The standard InChI is InChI=1S/C28H39F2N7O3/c1-35-13-7-8-19(16-35)32-25(38)18-11-12-21(23(14-18)40-3)33-27-31-15-22-24(34-27)37(20-9-5-4-6-10-20)17-28(29,30)26(39)36(22)2/h11-12,14-15,19-20,26,39H,4-10,13,16-17H2,1-3H3,(H,32,38)(H,31,33,34)/t19-,26?/m0/s1. The van der Waals surface area contributed by atoms with Crippen molar-refractivity contribution in [3.05, 3.63) is 30.0 Å². The van der Waals surface area contributed by atoms with Crippen LogP contribution in [0, 0.1) is 0 Å². The lowest BCUT2D eigenvalue weighted by Crippen LogP contribution is -2.51. The largest absolute Gasteiger partial charge is 0.495 e. The van der Waals surface area contributed by atoms with E-state index in [0.29, 0.717) is 28.5 Å². The molecule has 1 aromatic heterocycles. The zero-order chi connectivity index (χ0) is 28.4. The van der Waals surface area contributed by atoms with Gasteiger partial charge in [0.15, 0.2) is 12.0 Å². The first kappa shape index (κ1) is 28.3. The van der Waals surface area contributed by atoms with E-state index in [9.17, 15) is 9.90 Å². The van der Waals surface area contributed by atoms with E-state index < -0.39 is 18.7 Å². The number of aromatic nitrogens is 2. The Morgan fingerprint density at radius 3 is 2.65 bits per heavy atom. The molecule has 0 bridgehead atoms. The molecule has 12 heteroatoms. The van der Waals surface area contributed by atoms with Crippen LogP contribution in [0.3, 0.4) is 0 Å². The number of halogens is 2. The minimum absolute atomic E-state index is 0.0964. The summed E-state index contributed by atoms with van der Waals surface area (Å²) in [6, 6.07) is 5.08. The normalized spacial score (nSPS) is 23.8. The smallest absolute Gasteiger partial charge is 0.308 e. The molecule has 3 N–H and O–H groups in total. The number of aliphatic hydroxyl groups excluding tert-OH is 1. The van der Waals surface area contributed by atoms with Gasteiger partial charge in [0, 0.05) is 31.2 Å². The van der Waals surface area contributed by atoms with E-state index >= 15 is 8.78 Å². The molecule has 2 aromatic rings. The summed E-state index contributed by atoms with van der Waals surface area (Å²) in [4.78, 5) is 27.0. The average Bonchev–Trinajstić information content (AvgIpc) is 3.02. The molecule has 10 nitrogen and oxygen atoms in total. The SMILES string of the molecule is COc1cc(C(=O)N[C@H]2CCCN(C)C2)ccc1Nc1ncc2c(n1)N(C1CCCCC1)CC(F)(F)C(O)N2C. The van der Waals surface area contributed by atoms with Crippen LogP contribution in [0.2, 0.25) is 0 Å². The van der Waals surface area contributed by atoms with E-state index in [1.54, 1.807) is 23.1 Å². The number of hydrogen-bond donors (Lipinski definition) is 3. The number of carbonyl (C=O) groups is 1. The number of benzene rings is 1. The highest BCUT2D eigenvalue weighted by Gasteiger charge is 2.48. The van der Waals surface area contributed by atoms with Crippen LogP contribution in [-0.2, 0) is 0 Å². The maximum Gasteiger partial charge on any atom is 0.308 e. The number of likely N-dealkylation sites (tertiary alicyclic amines) is 1. The van der Waals surface area contributed by atoms with Crippen LogP contribution in [0.25, 0.3) is 0 Å². The van der Waals surface area contributed by atoms with Crippen molar-refractivity contribution in [2.45, 2.75) is 69.2 Å². The van der Waals surface area contributed by atoms with Gasteiger partial charge in [0.1, 0.15) is 11.4 Å². The number of amides is 1. The van der Waals surface area contributed by atoms with Gasteiger partial charge in [-0.2, -0.15) is 13.8 Å². The number of piperidine rings is 1. The minimum Gasteiger partial charge on any atom is -0.495 e. The Balaban J connectivity index is 1.40. The second-order valence-electron chi connectivity index (χ2n) is 11.2. The number of rotatable bonds is 6. The molecule has 5 rings (SSSR count). The van der Waals surface area contributed by atoms with Gasteiger partial charge < -0.3 is 35.2 Å². The number of ether oxygens (including phenoxy) is 1. The molecule has 1 unspecified atom stereocenters. The van der Waals surface area contributed by atoms with Crippen molar-refractivity contribution < 1.29 is 23.4 Å². The summed E-state index contributed by atoms with van der Waals surface area (Å²) in [5.41, 5.74) is 1.35. The van der Waals surface area contributed by atoms with Gasteiger partial charge in [-0.1, -0.05) is 19.3 Å². The first-order valence-electron chi connectivity index (χ1n) is 14.0. The Hall–Kier alpha value is -3.25. The van der Waals surface area contributed by atoms with Crippen LogP contribution >= 0.6 is 0 Å². The van der Waals surface area contributed by atoms with Gasteiger partial charge in [0.25, 0.3) is 5.91 Å². The highest BCUT2D eigenvalue weighted by atomic mass is 19.3. The number of alkyl halides is 2. The lowest BCUT2D eigenvalue weighted by atomic mass is 9.94. The molecule has 0 spiro atoms. The van der Waals surface area contributed by atoms with Gasteiger partial charge in [0.2, 0.25) is 5.95 Å². The lowest BCUT2D eigenvalue weighted by molar-refractivity contribution is -0.0986. The second kappa shape index (κ2) is 11.7. The summed E-state index contributed by atoms with van der Waals surface area (Å²) in [7, 11) is 4.99. The van der Waals surface area contributed by atoms with Crippen LogP contribution in [0.4, 0.5) is 31.9 Å². The molecule has 3 heterocycles.